The number of carbonyl (C=O) groups excluding carboxylic acids is 1. The first kappa shape index (κ1) is 19.0. The fourth-order valence-corrected chi connectivity index (χ4v) is 3.71. The number of sulfonamides is 1. The molecule has 0 radical (unpaired) electrons. The molecule has 25 heavy (non-hydrogen) atoms. The normalized spacial score (nSPS) is 11.2. The van der Waals surface area contributed by atoms with Crippen molar-refractivity contribution in [2.24, 2.45) is 0 Å². The van der Waals surface area contributed by atoms with Gasteiger partial charge in [0.15, 0.2) is 0 Å². The van der Waals surface area contributed by atoms with Crippen LogP contribution in [0.1, 0.15) is 16.7 Å². The van der Waals surface area contributed by atoms with E-state index in [9.17, 15) is 13.2 Å². The van der Waals surface area contributed by atoms with Crippen molar-refractivity contribution >= 4 is 21.6 Å². The molecule has 7 heteroatoms. The average molecular weight is 362 g/mol. The van der Waals surface area contributed by atoms with Crippen molar-refractivity contribution in [2.45, 2.75) is 25.7 Å². The van der Waals surface area contributed by atoms with Gasteiger partial charge in [-0.1, -0.05) is 18.2 Å². The van der Waals surface area contributed by atoms with Crippen molar-refractivity contribution in [3.05, 3.63) is 53.1 Å². The highest BCUT2D eigenvalue weighted by Crippen LogP contribution is 2.25. The monoisotopic (exact) mass is 362 g/mol. The molecule has 1 amide bonds. The van der Waals surface area contributed by atoms with Crippen molar-refractivity contribution in [1.82, 2.24) is 4.72 Å². The molecule has 2 aromatic rings. The van der Waals surface area contributed by atoms with Crippen molar-refractivity contribution in [3.8, 4) is 5.75 Å². The van der Waals surface area contributed by atoms with E-state index in [1.54, 1.807) is 32.0 Å². The lowest BCUT2D eigenvalue weighted by molar-refractivity contribution is -0.115. The van der Waals surface area contributed by atoms with Crippen molar-refractivity contribution in [1.29, 1.82) is 0 Å². The molecular formula is C18H22N2O4S. The summed E-state index contributed by atoms with van der Waals surface area (Å²) in [6, 6.07) is 10.5. The molecule has 0 bridgehead atoms. The number of rotatable bonds is 6. The topological polar surface area (TPSA) is 84.5 Å². The Hall–Kier alpha value is -2.38. The Kier molecular flexibility index (Phi) is 5.81. The zero-order valence-corrected chi connectivity index (χ0v) is 15.5. The van der Waals surface area contributed by atoms with E-state index in [-0.39, 0.29) is 11.4 Å². The molecule has 0 spiro atoms. The van der Waals surface area contributed by atoms with Gasteiger partial charge in [0.2, 0.25) is 15.9 Å². The summed E-state index contributed by atoms with van der Waals surface area (Å²) in [5, 5.41) is 2.69. The number of anilines is 1. The molecule has 0 heterocycles. The minimum absolute atomic E-state index is 0.134. The standard InChI is InChI=1S/C18H22N2O4S/c1-12-7-5-6-8-15(12)20-18(21)11-19-25(22,23)17-10-13(2)16(24-4)9-14(17)3/h5-10,19H,11H2,1-4H3,(H,20,21). The second-order valence-corrected chi connectivity index (χ2v) is 7.51. The van der Waals surface area contributed by atoms with E-state index >= 15 is 0 Å². The van der Waals surface area contributed by atoms with Gasteiger partial charge in [-0.2, -0.15) is 0 Å². The van der Waals surface area contributed by atoms with Crippen LogP contribution in [0.25, 0.3) is 0 Å². The molecule has 0 aliphatic heterocycles. The molecule has 0 aromatic heterocycles. The molecule has 2 aromatic carbocycles. The Morgan fingerprint density at radius 3 is 2.36 bits per heavy atom. The Morgan fingerprint density at radius 2 is 1.72 bits per heavy atom. The smallest absolute Gasteiger partial charge is 0.241 e. The summed E-state index contributed by atoms with van der Waals surface area (Å²) < 4.78 is 32.5. The summed E-state index contributed by atoms with van der Waals surface area (Å²) >= 11 is 0. The highest BCUT2D eigenvalue weighted by atomic mass is 32.2. The summed E-state index contributed by atoms with van der Waals surface area (Å²) in [6.45, 7) is 4.97. The highest BCUT2D eigenvalue weighted by Gasteiger charge is 2.20. The number of ether oxygens (including phenoxy) is 1. The first-order valence-electron chi connectivity index (χ1n) is 7.75. The lowest BCUT2D eigenvalue weighted by atomic mass is 10.1. The van der Waals surface area contributed by atoms with Gasteiger partial charge in [0.1, 0.15) is 5.75 Å². The number of para-hydroxylation sites is 1. The third-order valence-electron chi connectivity index (χ3n) is 3.82. The van der Waals surface area contributed by atoms with Gasteiger partial charge in [-0.3, -0.25) is 4.79 Å². The largest absolute Gasteiger partial charge is 0.496 e. The molecule has 6 nitrogen and oxygen atoms in total. The average Bonchev–Trinajstić information content (AvgIpc) is 2.57. The van der Waals surface area contributed by atoms with Crippen LogP contribution in [-0.4, -0.2) is 28.0 Å². The fourth-order valence-electron chi connectivity index (χ4n) is 2.42. The van der Waals surface area contributed by atoms with Crippen LogP contribution >= 0.6 is 0 Å². The highest BCUT2D eigenvalue weighted by molar-refractivity contribution is 7.89. The van der Waals surface area contributed by atoms with Crippen LogP contribution in [0.4, 0.5) is 5.69 Å². The molecule has 2 rings (SSSR count). The molecule has 0 atom stereocenters. The number of carbonyl (C=O) groups is 1. The van der Waals surface area contributed by atoms with E-state index in [0.717, 1.165) is 5.56 Å². The Morgan fingerprint density at radius 1 is 1.04 bits per heavy atom. The van der Waals surface area contributed by atoms with E-state index in [4.69, 9.17) is 4.74 Å². The van der Waals surface area contributed by atoms with Gasteiger partial charge in [-0.05, 0) is 55.7 Å². The Balaban J connectivity index is 2.10. The van der Waals surface area contributed by atoms with Crippen molar-refractivity contribution in [3.63, 3.8) is 0 Å². The van der Waals surface area contributed by atoms with Crippen LogP contribution in [0, 0.1) is 20.8 Å². The maximum Gasteiger partial charge on any atom is 0.241 e. The number of methoxy groups -OCH3 is 1. The van der Waals surface area contributed by atoms with E-state index in [0.29, 0.717) is 22.6 Å². The maximum absolute atomic E-state index is 12.5. The van der Waals surface area contributed by atoms with Gasteiger partial charge in [0, 0.05) is 5.69 Å². The molecule has 134 valence electrons. The molecular weight excluding hydrogens is 340 g/mol. The molecule has 0 saturated heterocycles. The molecule has 0 unspecified atom stereocenters. The molecule has 0 aliphatic rings. The zero-order valence-electron chi connectivity index (χ0n) is 14.7. The lowest BCUT2D eigenvalue weighted by Gasteiger charge is -2.13. The van der Waals surface area contributed by atoms with Crippen LogP contribution in [0.3, 0.4) is 0 Å². The number of hydrogen-bond donors (Lipinski definition) is 2. The minimum atomic E-state index is -3.80. The molecule has 0 saturated carbocycles. The summed E-state index contributed by atoms with van der Waals surface area (Å²) in [7, 11) is -2.27. The number of hydrogen-bond acceptors (Lipinski definition) is 4. The van der Waals surface area contributed by atoms with E-state index in [1.165, 1.54) is 13.2 Å². The first-order valence-corrected chi connectivity index (χ1v) is 9.23. The van der Waals surface area contributed by atoms with Gasteiger partial charge in [0.25, 0.3) is 0 Å². The van der Waals surface area contributed by atoms with Gasteiger partial charge in [0.05, 0.1) is 18.6 Å². The Bertz CT molecular complexity index is 892. The van der Waals surface area contributed by atoms with Gasteiger partial charge >= 0.3 is 0 Å². The fraction of sp³-hybridized carbons (Fsp3) is 0.278. The number of amides is 1. The van der Waals surface area contributed by atoms with Crippen LogP contribution in [0.5, 0.6) is 5.75 Å². The number of aryl methyl sites for hydroxylation is 3. The zero-order chi connectivity index (χ0) is 18.6. The lowest BCUT2D eigenvalue weighted by Crippen LogP contribution is -2.33. The summed E-state index contributed by atoms with van der Waals surface area (Å²) in [5.74, 6) is 0.189. The van der Waals surface area contributed by atoms with E-state index in [1.807, 2.05) is 19.1 Å². The second-order valence-electron chi connectivity index (χ2n) is 5.77. The Labute approximate surface area is 148 Å². The van der Waals surface area contributed by atoms with Gasteiger partial charge in [-0.15, -0.1) is 0 Å². The van der Waals surface area contributed by atoms with E-state index in [2.05, 4.69) is 10.0 Å². The predicted molar refractivity (Wildman–Crippen MR) is 97.5 cm³/mol. The van der Waals surface area contributed by atoms with Crippen LogP contribution in [0.15, 0.2) is 41.3 Å². The maximum atomic E-state index is 12.5. The molecule has 0 aliphatic carbocycles. The summed E-state index contributed by atoms with van der Waals surface area (Å²) in [6.07, 6.45) is 0. The van der Waals surface area contributed by atoms with Crippen LogP contribution in [0.2, 0.25) is 0 Å². The summed E-state index contributed by atoms with van der Waals surface area (Å²) in [4.78, 5) is 12.2. The quantitative estimate of drug-likeness (QED) is 0.827. The van der Waals surface area contributed by atoms with Crippen LogP contribution < -0.4 is 14.8 Å². The number of nitrogens with one attached hydrogen (secondary N) is 2. The van der Waals surface area contributed by atoms with Gasteiger partial charge in [-0.25, -0.2) is 13.1 Å². The van der Waals surface area contributed by atoms with Crippen molar-refractivity contribution < 1.29 is 17.9 Å². The second kappa shape index (κ2) is 7.67. The third kappa shape index (κ3) is 4.58. The minimum Gasteiger partial charge on any atom is -0.496 e. The molecule has 0 fully saturated rings. The van der Waals surface area contributed by atoms with Gasteiger partial charge < -0.3 is 10.1 Å². The van der Waals surface area contributed by atoms with Crippen LogP contribution in [-0.2, 0) is 14.8 Å². The van der Waals surface area contributed by atoms with Crippen molar-refractivity contribution in [2.75, 3.05) is 19.0 Å². The number of benzene rings is 2. The molecule has 2 N–H and O–H groups in total. The van der Waals surface area contributed by atoms with E-state index < -0.39 is 15.9 Å². The third-order valence-corrected chi connectivity index (χ3v) is 5.37. The summed E-state index contributed by atoms with van der Waals surface area (Å²) in [5.41, 5.74) is 2.82. The first-order chi connectivity index (χ1) is 11.7. The SMILES string of the molecule is COc1cc(C)c(S(=O)(=O)NCC(=O)Nc2ccccc2C)cc1C. The predicted octanol–water partition coefficient (Wildman–Crippen LogP) is 2.54.